The number of rotatable bonds is 5. The zero-order chi connectivity index (χ0) is 17.8. The van der Waals surface area contributed by atoms with Gasteiger partial charge < -0.3 is 4.90 Å². The van der Waals surface area contributed by atoms with Crippen molar-refractivity contribution in [1.29, 1.82) is 0 Å². The van der Waals surface area contributed by atoms with Crippen LogP contribution < -0.4 is 4.90 Å². The fourth-order valence-corrected chi connectivity index (χ4v) is 3.06. The van der Waals surface area contributed by atoms with Crippen LogP contribution >= 0.6 is 0 Å². The van der Waals surface area contributed by atoms with E-state index in [0.717, 1.165) is 22.5 Å². The zero-order valence-electron chi connectivity index (χ0n) is 14.6. The van der Waals surface area contributed by atoms with Crippen LogP contribution in [0.4, 0.5) is 11.4 Å². The zero-order valence-corrected chi connectivity index (χ0v) is 14.6. The van der Waals surface area contributed by atoms with Gasteiger partial charge in [-0.25, -0.2) is 0 Å². The Morgan fingerprint density at radius 3 is 2.40 bits per heavy atom. The van der Waals surface area contributed by atoms with Crippen molar-refractivity contribution in [1.82, 2.24) is 0 Å². The van der Waals surface area contributed by atoms with E-state index < -0.39 is 0 Å². The highest BCUT2D eigenvalue weighted by molar-refractivity contribution is 6.10. The molecule has 1 saturated heterocycles. The second-order valence-corrected chi connectivity index (χ2v) is 6.20. The minimum atomic E-state index is -0.203. The molecule has 0 spiro atoms. The molecule has 25 heavy (non-hydrogen) atoms. The molecule has 1 fully saturated rings. The second-order valence-electron chi connectivity index (χ2n) is 6.20. The van der Waals surface area contributed by atoms with Crippen molar-refractivity contribution in [2.24, 2.45) is 10.9 Å². The topological polar surface area (TPSA) is 32.7 Å². The van der Waals surface area contributed by atoms with Gasteiger partial charge in [0.05, 0.1) is 17.6 Å². The Labute approximate surface area is 149 Å². The number of carbonyl (C=O) groups excluding carboxylic acids is 1. The van der Waals surface area contributed by atoms with Crippen LogP contribution in [0.15, 0.2) is 78.3 Å². The van der Waals surface area contributed by atoms with Gasteiger partial charge in [0.25, 0.3) is 0 Å². The van der Waals surface area contributed by atoms with Crippen LogP contribution in [0.1, 0.15) is 11.1 Å². The van der Waals surface area contributed by atoms with Gasteiger partial charge in [0.15, 0.2) is 0 Å². The number of nitrogens with zero attached hydrogens (tertiary/aromatic N) is 2. The number of aryl methyl sites for hydroxylation is 2. The molecule has 2 aromatic carbocycles. The summed E-state index contributed by atoms with van der Waals surface area (Å²) in [5, 5.41) is 0. The fraction of sp³-hybridized carbons (Fsp3) is 0.182. The molecule has 0 bridgehead atoms. The van der Waals surface area contributed by atoms with Crippen molar-refractivity contribution in [2.75, 3.05) is 4.90 Å². The lowest BCUT2D eigenvalue weighted by atomic mass is 9.86. The minimum Gasteiger partial charge on any atom is -0.302 e. The van der Waals surface area contributed by atoms with Gasteiger partial charge in [0.1, 0.15) is 0 Å². The van der Waals surface area contributed by atoms with Gasteiger partial charge in [-0.1, -0.05) is 61.2 Å². The lowest BCUT2D eigenvalue weighted by molar-refractivity contribution is -0.126. The highest BCUT2D eigenvalue weighted by Crippen LogP contribution is 2.35. The van der Waals surface area contributed by atoms with Gasteiger partial charge in [0, 0.05) is 11.9 Å². The Bertz CT molecular complexity index is 851. The van der Waals surface area contributed by atoms with E-state index in [4.69, 9.17) is 0 Å². The number of amides is 1. The van der Waals surface area contributed by atoms with Gasteiger partial charge in [-0.2, -0.15) is 0 Å². The van der Waals surface area contributed by atoms with Crippen LogP contribution in [0, 0.1) is 19.8 Å². The summed E-state index contributed by atoms with van der Waals surface area (Å²) in [5.74, 6) is -0.112. The smallest absolute Gasteiger partial charge is 0.237 e. The van der Waals surface area contributed by atoms with E-state index in [1.54, 1.807) is 6.08 Å². The Balaban J connectivity index is 1.94. The lowest BCUT2D eigenvalue weighted by Gasteiger charge is -2.44. The van der Waals surface area contributed by atoms with Gasteiger partial charge in [-0.05, 0) is 37.1 Å². The molecule has 1 aliphatic heterocycles. The summed E-state index contributed by atoms with van der Waals surface area (Å²) in [6.07, 6.45) is 7.30. The van der Waals surface area contributed by atoms with Gasteiger partial charge >= 0.3 is 0 Å². The predicted octanol–water partition coefficient (Wildman–Crippen LogP) is 4.78. The number of carbonyl (C=O) groups is 1. The monoisotopic (exact) mass is 330 g/mol. The summed E-state index contributed by atoms with van der Waals surface area (Å²) < 4.78 is 0. The SMILES string of the molecule is C=C/C=C/[C@H]1C(=O)N(c2ccccc2C)[C@H]1C=Nc1ccccc1C. The number of β-lactam (4-membered cyclic amide) rings is 1. The number of benzene rings is 2. The van der Waals surface area contributed by atoms with E-state index in [2.05, 4.69) is 11.6 Å². The first kappa shape index (κ1) is 16.9. The summed E-state index contributed by atoms with van der Waals surface area (Å²) in [6, 6.07) is 15.8. The van der Waals surface area contributed by atoms with Crippen molar-refractivity contribution in [3.05, 3.63) is 84.5 Å². The summed E-state index contributed by atoms with van der Waals surface area (Å²) in [7, 11) is 0. The Morgan fingerprint density at radius 2 is 1.72 bits per heavy atom. The van der Waals surface area contributed by atoms with Crippen LogP contribution in [0.5, 0.6) is 0 Å². The molecule has 3 rings (SSSR count). The predicted molar refractivity (Wildman–Crippen MR) is 105 cm³/mol. The largest absolute Gasteiger partial charge is 0.302 e. The van der Waals surface area contributed by atoms with Crippen molar-refractivity contribution in [3.63, 3.8) is 0 Å². The number of para-hydroxylation sites is 2. The molecule has 0 saturated carbocycles. The third-order valence-electron chi connectivity index (χ3n) is 4.50. The second kappa shape index (κ2) is 7.31. The number of hydrogen-bond donors (Lipinski definition) is 0. The molecular weight excluding hydrogens is 308 g/mol. The average Bonchev–Trinajstić information content (AvgIpc) is 2.61. The van der Waals surface area contributed by atoms with E-state index in [1.807, 2.05) is 85.6 Å². The highest BCUT2D eigenvalue weighted by atomic mass is 16.2. The molecule has 2 aromatic rings. The highest BCUT2D eigenvalue weighted by Gasteiger charge is 2.45. The first-order valence-electron chi connectivity index (χ1n) is 8.41. The van der Waals surface area contributed by atoms with Crippen molar-refractivity contribution in [2.45, 2.75) is 19.9 Å². The summed E-state index contributed by atoms with van der Waals surface area (Å²) in [5.41, 5.74) is 4.07. The number of anilines is 1. The van der Waals surface area contributed by atoms with E-state index in [-0.39, 0.29) is 17.9 Å². The quantitative estimate of drug-likeness (QED) is 0.441. The Kier molecular flexibility index (Phi) is 4.94. The first-order valence-corrected chi connectivity index (χ1v) is 8.41. The van der Waals surface area contributed by atoms with E-state index >= 15 is 0 Å². The molecular formula is C22H22N2O. The molecule has 3 nitrogen and oxygen atoms in total. The van der Waals surface area contributed by atoms with Crippen molar-refractivity contribution < 1.29 is 4.79 Å². The molecule has 2 atom stereocenters. The molecule has 0 unspecified atom stereocenters. The van der Waals surface area contributed by atoms with Gasteiger partial charge in [0.2, 0.25) is 5.91 Å². The normalized spacial score (nSPS) is 20.2. The average molecular weight is 330 g/mol. The maximum absolute atomic E-state index is 12.7. The third kappa shape index (κ3) is 3.31. The molecule has 1 heterocycles. The Hall–Kier alpha value is -2.94. The van der Waals surface area contributed by atoms with Crippen molar-refractivity contribution in [3.8, 4) is 0 Å². The molecule has 0 aromatic heterocycles. The van der Waals surface area contributed by atoms with Crippen LogP contribution in [0.25, 0.3) is 0 Å². The molecule has 3 heteroatoms. The maximum atomic E-state index is 12.7. The molecule has 0 aliphatic carbocycles. The molecule has 1 aliphatic rings. The van der Waals surface area contributed by atoms with Crippen LogP contribution in [0.2, 0.25) is 0 Å². The minimum absolute atomic E-state index is 0.0913. The van der Waals surface area contributed by atoms with E-state index in [0.29, 0.717) is 0 Å². The summed E-state index contributed by atoms with van der Waals surface area (Å²) in [4.78, 5) is 19.2. The summed E-state index contributed by atoms with van der Waals surface area (Å²) in [6.45, 7) is 7.75. The van der Waals surface area contributed by atoms with Crippen LogP contribution in [-0.2, 0) is 4.79 Å². The molecule has 0 radical (unpaired) electrons. The van der Waals surface area contributed by atoms with Crippen molar-refractivity contribution >= 4 is 23.5 Å². The van der Waals surface area contributed by atoms with E-state index in [9.17, 15) is 4.79 Å². The lowest BCUT2D eigenvalue weighted by Crippen LogP contribution is -2.61. The number of aliphatic imine (C=N–C) groups is 1. The number of allylic oxidation sites excluding steroid dienone is 2. The van der Waals surface area contributed by atoms with Crippen LogP contribution in [0.3, 0.4) is 0 Å². The molecule has 126 valence electrons. The fourth-order valence-electron chi connectivity index (χ4n) is 3.06. The molecule has 1 amide bonds. The van der Waals surface area contributed by atoms with Crippen LogP contribution in [-0.4, -0.2) is 18.2 Å². The Morgan fingerprint density at radius 1 is 1.04 bits per heavy atom. The molecule has 0 N–H and O–H groups in total. The third-order valence-corrected chi connectivity index (χ3v) is 4.50. The summed E-state index contributed by atoms with van der Waals surface area (Å²) >= 11 is 0. The van der Waals surface area contributed by atoms with E-state index in [1.165, 1.54) is 0 Å². The van der Waals surface area contributed by atoms with Gasteiger partial charge in [-0.3, -0.25) is 9.79 Å². The number of hydrogen-bond acceptors (Lipinski definition) is 2. The van der Waals surface area contributed by atoms with Gasteiger partial charge in [-0.15, -0.1) is 0 Å². The standard InChI is InChI=1S/C22H22N2O/c1-4-5-12-18-21(15-23-19-13-8-6-10-16(19)2)24(22(18)25)20-14-9-7-11-17(20)3/h4-15,18,21H,1H2,2-3H3/b12-5+,23-15?/t18-,21+/m1/s1. The maximum Gasteiger partial charge on any atom is 0.237 e. The first-order chi connectivity index (χ1) is 12.1.